The number of nitrogens with one attached hydrogen (secondary N) is 2. The number of amides is 1. The number of carbonyl (C=O) groups excluding carboxylic acids is 1. The molecular formula is C22H19Cl3N2O. The number of halogens is 3. The van der Waals surface area contributed by atoms with Crippen LogP contribution >= 0.6 is 34.8 Å². The van der Waals surface area contributed by atoms with E-state index < -0.39 is 0 Å². The standard InChI is InChI=1S/C22H19Cl3N2O/c1-14(16-9-10-20(24)21(25)12-16)26-13-15-5-4-6-17(11-15)27-22(28)18-7-2-3-8-19(18)23/h2-12,14,26H,13H2,1H3,(H,27,28). The van der Waals surface area contributed by atoms with Crippen LogP contribution in [-0.2, 0) is 6.54 Å². The molecule has 6 heteroatoms. The second-order valence-corrected chi connectivity index (χ2v) is 7.63. The first-order valence-corrected chi connectivity index (χ1v) is 9.90. The molecule has 0 spiro atoms. The van der Waals surface area contributed by atoms with Gasteiger partial charge in [0.25, 0.3) is 5.91 Å². The van der Waals surface area contributed by atoms with Gasteiger partial charge in [-0.25, -0.2) is 0 Å². The van der Waals surface area contributed by atoms with Crippen LogP contribution in [0.5, 0.6) is 0 Å². The minimum atomic E-state index is -0.236. The first-order valence-electron chi connectivity index (χ1n) is 8.77. The van der Waals surface area contributed by atoms with Gasteiger partial charge in [0.1, 0.15) is 0 Å². The third-order valence-corrected chi connectivity index (χ3v) is 5.43. The number of carbonyl (C=O) groups is 1. The largest absolute Gasteiger partial charge is 0.322 e. The van der Waals surface area contributed by atoms with Crippen molar-refractivity contribution in [2.24, 2.45) is 0 Å². The van der Waals surface area contributed by atoms with Crippen molar-refractivity contribution in [3.8, 4) is 0 Å². The number of rotatable bonds is 6. The van der Waals surface area contributed by atoms with E-state index in [1.165, 1.54) is 0 Å². The molecule has 0 heterocycles. The van der Waals surface area contributed by atoms with Crippen molar-refractivity contribution in [3.63, 3.8) is 0 Å². The third-order valence-electron chi connectivity index (χ3n) is 4.36. The van der Waals surface area contributed by atoms with Crippen LogP contribution in [0.4, 0.5) is 5.69 Å². The molecule has 1 amide bonds. The molecule has 0 radical (unpaired) electrons. The van der Waals surface area contributed by atoms with Crippen LogP contribution in [-0.4, -0.2) is 5.91 Å². The molecular weight excluding hydrogens is 415 g/mol. The molecule has 1 unspecified atom stereocenters. The average molecular weight is 434 g/mol. The summed E-state index contributed by atoms with van der Waals surface area (Å²) in [7, 11) is 0. The molecule has 0 aromatic heterocycles. The Bertz CT molecular complexity index is 991. The fraction of sp³-hybridized carbons (Fsp3) is 0.136. The fourth-order valence-electron chi connectivity index (χ4n) is 2.77. The summed E-state index contributed by atoms with van der Waals surface area (Å²) < 4.78 is 0. The fourth-order valence-corrected chi connectivity index (χ4v) is 3.30. The molecule has 0 saturated carbocycles. The summed E-state index contributed by atoms with van der Waals surface area (Å²) in [6.07, 6.45) is 0. The lowest BCUT2D eigenvalue weighted by atomic mass is 10.1. The van der Waals surface area contributed by atoms with Crippen LogP contribution in [0.15, 0.2) is 66.7 Å². The van der Waals surface area contributed by atoms with Crippen molar-refractivity contribution in [3.05, 3.63) is 98.5 Å². The molecule has 3 rings (SSSR count). The zero-order valence-corrected chi connectivity index (χ0v) is 17.4. The average Bonchev–Trinajstić information content (AvgIpc) is 2.69. The van der Waals surface area contributed by atoms with Gasteiger partial charge < -0.3 is 10.6 Å². The van der Waals surface area contributed by atoms with Gasteiger partial charge in [-0.2, -0.15) is 0 Å². The highest BCUT2D eigenvalue weighted by Crippen LogP contribution is 2.26. The van der Waals surface area contributed by atoms with Gasteiger partial charge in [0, 0.05) is 18.3 Å². The Balaban J connectivity index is 1.64. The number of benzene rings is 3. The summed E-state index contributed by atoms with van der Waals surface area (Å²) in [5.41, 5.74) is 3.26. The Kier molecular flexibility index (Phi) is 6.97. The van der Waals surface area contributed by atoms with Crippen molar-refractivity contribution >= 4 is 46.4 Å². The maximum absolute atomic E-state index is 12.4. The predicted octanol–water partition coefficient (Wildman–Crippen LogP) is 6.75. The molecule has 28 heavy (non-hydrogen) atoms. The summed E-state index contributed by atoms with van der Waals surface area (Å²) in [5.74, 6) is -0.236. The van der Waals surface area contributed by atoms with Crippen molar-refractivity contribution in [1.82, 2.24) is 5.32 Å². The molecule has 144 valence electrons. The molecule has 0 aliphatic carbocycles. The Morgan fingerprint density at radius 3 is 2.43 bits per heavy atom. The monoisotopic (exact) mass is 432 g/mol. The van der Waals surface area contributed by atoms with E-state index in [9.17, 15) is 4.79 Å². The summed E-state index contributed by atoms with van der Waals surface area (Å²) >= 11 is 18.2. The van der Waals surface area contributed by atoms with Crippen molar-refractivity contribution in [1.29, 1.82) is 0 Å². The van der Waals surface area contributed by atoms with E-state index in [2.05, 4.69) is 17.6 Å². The Morgan fingerprint density at radius 1 is 0.893 bits per heavy atom. The minimum Gasteiger partial charge on any atom is -0.322 e. The van der Waals surface area contributed by atoms with Gasteiger partial charge in [-0.05, 0) is 54.4 Å². The molecule has 3 aromatic rings. The maximum Gasteiger partial charge on any atom is 0.257 e. The van der Waals surface area contributed by atoms with E-state index >= 15 is 0 Å². The van der Waals surface area contributed by atoms with E-state index in [0.29, 0.717) is 32.9 Å². The van der Waals surface area contributed by atoms with Crippen LogP contribution in [0.25, 0.3) is 0 Å². The van der Waals surface area contributed by atoms with Crippen molar-refractivity contribution < 1.29 is 4.79 Å². The molecule has 0 aliphatic heterocycles. The normalized spacial score (nSPS) is 11.9. The number of anilines is 1. The van der Waals surface area contributed by atoms with Crippen LogP contribution in [0.3, 0.4) is 0 Å². The molecule has 2 N–H and O–H groups in total. The Morgan fingerprint density at radius 2 is 1.68 bits per heavy atom. The Labute approximate surface area is 179 Å². The molecule has 0 saturated heterocycles. The van der Waals surface area contributed by atoms with Gasteiger partial charge in [-0.3, -0.25) is 4.79 Å². The first-order chi connectivity index (χ1) is 13.4. The van der Waals surface area contributed by atoms with Crippen LogP contribution in [0.2, 0.25) is 15.1 Å². The third kappa shape index (κ3) is 5.27. The predicted molar refractivity (Wildman–Crippen MR) is 118 cm³/mol. The van der Waals surface area contributed by atoms with Gasteiger partial charge in [0.15, 0.2) is 0 Å². The molecule has 3 aromatic carbocycles. The molecule has 0 fully saturated rings. The topological polar surface area (TPSA) is 41.1 Å². The lowest BCUT2D eigenvalue weighted by Gasteiger charge is -2.15. The van der Waals surface area contributed by atoms with E-state index in [-0.39, 0.29) is 11.9 Å². The summed E-state index contributed by atoms with van der Waals surface area (Å²) in [4.78, 5) is 12.4. The van der Waals surface area contributed by atoms with Crippen molar-refractivity contribution in [2.75, 3.05) is 5.32 Å². The maximum atomic E-state index is 12.4. The summed E-state index contributed by atoms with van der Waals surface area (Å²) in [6.45, 7) is 2.69. The number of hydrogen-bond acceptors (Lipinski definition) is 2. The highest BCUT2D eigenvalue weighted by atomic mass is 35.5. The van der Waals surface area contributed by atoms with Crippen LogP contribution in [0.1, 0.15) is 34.5 Å². The SMILES string of the molecule is CC(NCc1cccc(NC(=O)c2ccccc2Cl)c1)c1ccc(Cl)c(Cl)c1. The zero-order valence-electron chi connectivity index (χ0n) is 15.2. The highest BCUT2D eigenvalue weighted by molar-refractivity contribution is 6.42. The van der Waals surface area contributed by atoms with Gasteiger partial charge in [0.05, 0.1) is 20.6 Å². The van der Waals surface area contributed by atoms with Gasteiger partial charge in [-0.15, -0.1) is 0 Å². The van der Waals surface area contributed by atoms with Crippen molar-refractivity contribution in [2.45, 2.75) is 19.5 Å². The molecule has 0 bridgehead atoms. The second-order valence-electron chi connectivity index (χ2n) is 6.41. The zero-order chi connectivity index (χ0) is 20.1. The molecule has 0 aliphatic rings. The van der Waals surface area contributed by atoms with Gasteiger partial charge in [0.2, 0.25) is 0 Å². The van der Waals surface area contributed by atoms with Gasteiger partial charge >= 0.3 is 0 Å². The minimum absolute atomic E-state index is 0.0936. The first kappa shape index (κ1) is 20.7. The lowest BCUT2D eigenvalue weighted by molar-refractivity contribution is 0.102. The lowest BCUT2D eigenvalue weighted by Crippen LogP contribution is -2.18. The highest BCUT2D eigenvalue weighted by Gasteiger charge is 2.11. The van der Waals surface area contributed by atoms with E-state index in [0.717, 1.165) is 11.1 Å². The smallest absolute Gasteiger partial charge is 0.257 e. The van der Waals surface area contributed by atoms with E-state index in [1.807, 2.05) is 36.4 Å². The quantitative estimate of drug-likeness (QED) is 0.451. The van der Waals surface area contributed by atoms with Crippen LogP contribution < -0.4 is 10.6 Å². The molecule has 3 nitrogen and oxygen atoms in total. The summed E-state index contributed by atoms with van der Waals surface area (Å²) in [6, 6.07) is 20.4. The number of hydrogen-bond donors (Lipinski definition) is 2. The van der Waals surface area contributed by atoms with E-state index in [4.69, 9.17) is 34.8 Å². The van der Waals surface area contributed by atoms with Gasteiger partial charge in [-0.1, -0.05) is 65.1 Å². The van der Waals surface area contributed by atoms with E-state index in [1.54, 1.807) is 30.3 Å². The molecule has 1 atom stereocenters. The second kappa shape index (κ2) is 9.44. The summed E-state index contributed by atoms with van der Waals surface area (Å²) in [5, 5.41) is 7.84. The van der Waals surface area contributed by atoms with Crippen LogP contribution in [0, 0.1) is 0 Å². The Hall–Kier alpha value is -2.04.